The Labute approximate surface area is 111 Å². The molecule has 0 saturated heterocycles. The van der Waals surface area contributed by atoms with Gasteiger partial charge in [0.1, 0.15) is 11.6 Å². The zero-order valence-corrected chi connectivity index (χ0v) is 11.2. The summed E-state index contributed by atoms with van der Waals surface area (Å²) in [7, 11) is 3.33. The van der Waals surface area contributed by atoms with Gasteiger partial charge in [-0.25, -0.2) is 4.98 Å². The summed E-state index contributed by atoms with van der Waals surface area (Å²) in [6.45, 7) is 2.23. The number of carbonyl (C=O) groups excluding carboxylic acids is 1. The molecule has 6 nitrogen and oxygen atoms in total. The molecule has 0 aliphatic heterocycles. The zero-order chi connectivity index (χ0) is 13.8. The van der Waals surface area contributed by atoms with E-state index in [0.717, 1.165) is 11.3 Å². The summed E-state index contributed by atoms with van der Waals surface area (Å²) in [5.41, 5.74) is 0.988. The maximum atomic E-state index is 12.1. The van der Waals surface area contributed by atoms with Gasteiger partial charge in [-0.3, -0.25) is 9.89 Å². The van der Waals surface area contributed by atoms with E-state index in [1.165, 1.54) is 0 Å². The van der Waals surface area contributed by atoms with Crippen LogP contribution in [0.5, 0.6) is 5.75 Å². The predicted molar refractivity (Wildman–Crippen MR) is 69.9 cm³/mol. The van der Waals surface area contributed by atoms with Crippen LogP contribution < -0.4 is 4.74 Å². The molecule has 1 heterocycles. The quantitative estimate of drug-likeness (QED) is 0.901. The van der Waals surface area contributed by atoms with Crippen molar-refractivity contribution >= 4 is 5.91 Å². The molecule has 0 radical (unpaired) electrons. The minimum Gasteiger partial charge on any atom is -0.497 e. The van der Waals surface area contributed by atoms with E-state index in [0.29, 0.717) is 12.4 Å². The van der Waals surface area contributed by atoms with Crippen molar-refractivity contribution in [3.63, 3.8) is 0 Å². The van der Waals surface area contributed by atoms with Crippen LogP contribution in [0.25, 0.3) is 0 Å². The first-order valence-corrected chi connectivity index (χ1v) is 5.87. The number of amides is 1. The number of aromatic amines is 1. The first-order chi connectivity index (χ1) is 9.10. The lowest BCUT2D eigenvalue weighted by molar-refractivity contribution is 0.0773. The summed E-state index contributed by atoms with van der Waals surface area (Å²) in [6, 6.07) is 7.59. The van der Waals surface area contributed by atoms with Gasteiger partial charge in [-0.15, -0.1) is 5.10 Å². The van der Waals surface area contributed by atoms with Gasteiger partial charge >= 0.3 is 0 Å². The third-order valence-corrected chi connectivity index (χ3v) is 2.69. The van der Waals surface area contributed by atoms with Crippen LogP contribution in [0, 0.1) is 6.92 Å². The summed E-state index contributed by atoms with van der Waals surface area (Å²) in [5, 5.41) is 6.52. The van der Waals surface area contributed by atoms with Crippen LogP contribution in [-0.2, 0) is 6.54 Å². The number of aromatic nitrogens is 3. The molecule has 100 valence electrons. The second-order valence-corrected chi connectivity index (χ2v) is 4.26. The minimum absolute atomic E-state index is 0.183. The number of hydrogen-bond donors (Lipinski definition) is 1. The molecule has 0 bridgehead atoms. The van der Waals surface area contributed by atoms with Crippen LogP contribution in [0.1, 0.15) is 22.0 Å². The molecule has 1 aromatic carbocycles. The van der Waals surface area contributed by atoms with Gasteiger partial charge in [-0.1, -0.05) is 12.1 Å². The normalized spacial score (nSPS) is 10.3. The molecular formula is C13H16N4O2. The summed E-state index contributed by atoms with van der Waals surface area (Å²) >= 11 is 0. The fourth-order valence-corrected chi connectivity index (χ4v) is 1.73. The molecule has 1 N–H and O–H groups in total. The molecule has 6 heteroatoms. The van der Waals surface area contributed by atoms with Crippen molar-refractivity contribution in [3.05, 3.63) is 41.5 Å². The Hall–Kier alpha value is -2.37. The molecule has 0 aliphatic carbocycles. The molecule has 2 aromatic rings. The Morgan fingerprint density at radius 3 is 2.89 bits per heavy atom. The van der Waals surface area contributed by atoms with Crippen molar-refractivity contribution < 1.29 is 9.53 Å². The highest BCUT2D eigenvalue weighted by Gasteiger charge is 2.16. The van der Waals surface area contributed by atoms with Gasteiger partial charge in [0.05, 0.1) is 7.11 Å². The topological polar surface area (TPSA) is 71.1 Å². The monoisotopic (exact) mass is 260 g/mol. The molecular weight excluding hydrogens is 244 g/mol. The number of hydrogen-bond acceptors (Lipinski definition) is 4. The summed E-state index contributed by atoms with van der Waals surface area (Å²) in [5.74, 6) is 1.36. The number of methoxy groups -OCH3 is 1. The highest BCUT2D eigenvalue weighted by atomic mass is 16.5. The highest BCUT2D eigenvalue weighted by molar-refractivity contribution is 5.90. The molecule has 0 fully saturated rings. The number of carbonyl (C=O) groups is 1. The van der Waals surface area contributed by atoms with E-state index in [-0.39, 0.29) is 11.7 Å². The largest absolute Gasteiger partial charge is 0.497 e. The first-order valence-electron chi connectivity index (χ1n) is 5.87. The highest BCUT2D eigenvalue weighted by Crippen LogP contribution is 2.14. The molecule has 2 rings (SSSR count). The summed E-state index contributed by atoms with van der Waals surface area (Å²) in [6.07, 6.45) is 0. The van der Waals surface area contributed by atoms with E-state index >= 15 is 0 Å². The Bertz CT molecular complexity index is 580. The van der Waals surface area contributed by atoms with E-state index < -0.39 is 0 Å². The van der Waals surface area contributed by atoms with Gasteiger partial charge in [0, 0.05) is 13.6 Å². The smallest absolute Gasteiger partial charge is 0.293 e. The minimum atomic E-state index is -0.216. The number of benzene rings is 1. The zero-order valence-electron chi connectivity index (χ0n) is 11.2. The first kappa shape index (κ1) is 13.1. The van der Waals surface area contributed by atoms with Gasteiger partial charge in [-0.2, -0.15) is 0 Å². The average molecular weight is 260 g/mol. The maximum absolute atomic E-state index is 12.1. The Kier molecular flexibility index (Phi) is 3.79. The molecule has 1 aromatic heterocycles. The molecule has 19 heavy (non-hydrogen) atoms. The number of H-pyrrole nitrogens is 1. The number of aryl methyl sites for hydroxylation is 1. The number of nitrogens with one attached hydrogen (secondary N) is 1. The average Bonchev–Trinajstić information content (AvgIpc) is 2.84. The van der Waals surface area contributed by atoms with Crippen molar-refractivity contribution in [1.82, 2.24) is 20.1 Å². The SMILES string of the molecule is COc1cccc(CN(C)C(=O)c2n[nH]c(C)n2)c1. The van der Waals surface area contributed by atoms with Crippen LogP contribution in [0.3, 0.4) is 0 Å². The number of nitrogens with zero attached hydrogens (tertiary/aromatic N) is 3. The van der Waals surface area contributed by atoms with Gasteiger partial charge in [0.15, 0.2) is 0 Å². The lowest BCUT2D eigenvalue weighted by atomic mass is 10.2. The fraction of sp³-hybridized carbons (Fsp3) is 0.308. The lowest BCUT2D eigenvalue weighted by Gasteiger charge is -2.15. The van der Waals surface area contributed by atoms with Gasteiger partial charge < -0.3 is 9.64 Å². The standard InChI is InChI=1S/C13H16N4O2/c1-9-14-12(16-15-9)13(18)17(2)8-10-5-4-6-11(7-10)19-3/h4-7H,8H2,1-3H3,(H,14,15,16). The van der Waals surface area contributed by atoms with Crippen LogP contribution in [0.4, 0.5) is 0 Å². The van der Waals surface area contributed by atoms with Crippen molar-refractivity contribution in [2.75, 3.05) is 14.2 Å². The van der Waals surface area contributed by atoms with Crippen molar-refractivity contribution in [2.24, 2.45) is 0 Å². The molecule has 0 atom stereocenters. The second kappa shape index (κ2) is 5.51. The maximum Gasteiger partial charge on any atom is 0.293 e. The molecule has 1 amide bonds. The summed E-state index contributed by atoms with van der Waals surface area (Å²) in [4.78, 5) is 17.7. The number of rotatable bonds is 4. The van der Waals surface area contributed by atoms with Gasteiger partial charge in [0.2, 0.25) is 5.82 Å². The molecule has 0 spiro atoms. The van der Waals surface area contributed by atoms with Crippen LogP contribution in [0.15, 0.2) is 24.3 Å². The van der Waals surface area contributed by atoms with E-state index in [2.05, 4.69) is 15.2 Å². The van der Waals surface area contributed by atoms with Crippen LogP contribution in [0.2, 0.25) is 0 Å². The summed E-state index contributed by atoms with van der Waals surface area (Å²) < 4.78 is 5.15. The van der Waals surface area contributed by atoms with E-state index in [4.69, 9.17) is 4.74 Å². The van der Waals surface area contributed by atoms with Gasteiger partial charge in [-0.05, 0) is 24.6 Å². The Morgan fingerprint density at radius 1 is 1.47 bits per heavy atom. The third kappa shape index (κ3) is 3.09. The Balaban J connectivity index is 2.07. The third-order valence-electron chi connectivity index (χ3n) is 2.69. The lowest BCUT2D eigenvalue weighted by Crippen LogP contribution is -2.27. The van der Waals surface area contributed by atoms with Gasteiger partial charge in [0.25, 0.3) is 5.91 Å². The fourth-order valence-electron chi connectivity index (χ4n) is 1.73. The van der Waals surface area contributed by atoms with E-state index in [1.807, 2.05) is 24.3 Å². The van der Waals surface area contributed by atoms with E-state index in [1.54, 1.807) is 26.0 Å². The molecule has 0 saturated carbocycles. The Morgan fingerprint density at radius 2 is 2.26 bits per heavy atom. The van der Waals surface area contributed by atoms with Crippen LogP contribution in [-0.4, -0.2) is 40.1 Å². The second-order valence-electron chi connectivity index (χ2n) is 4.26. The van der Waals surface area contributed by atoms with Crippen molar-refractivity contribution in [2.45, 2.75) is 13.5 Å². The number of ether oxygens (including phenoxy) is 1. The predicted octanol–water partition coefficient (Wildman–Crippen LogP) is 1.39. The van der Waals surface area contributed by atoms with Crippen molar-refractivity contribution in [3.8, 4) is 5.75 Å². The van der Waals surface area contributed by atoms with E-state index in [9.17, 15) is 4.79 Å². The van der Waals surface area contributed by atoms with Crippen LogP contribution >= 0.6 is 0 Å². The van der Waals surface area contributed by atoms with Crippen molar-refractivity contribution in [1.29, 1.82) is 0 Å². The molecule has 0 aliphatic rings. The molecule has 0 unspecified atom stereocenters.